The summed E-state index contributed by atoms with van der Waals surface area (Å²) in [6.07, 6.45) is 3.08. The number of carbonyl (C=O) groups excluding carboxylic acids is 1. The molecule has 2 saturated heterocycles. The SMILES string of the molecule is COc1ccc([C@@H]2C[C@H]3CC[C@@H](C2=O)N3Cc2ccccc2)cc1. The minimum atomic E-state index is 0.0421. The average molecular weight is 321 g/mol. The number of rotatable bonds is 4. The van der Waals surface area contributed by atoms with Gasteiger partial charge in [0.1, 0.15) is 5.75 Å². The molecule has 24 heavy (non-hydrogen) atoms. The number of hydrogen-bond acceptors (Lipinski definition) is 3. The molecule has 2 heterocycles. The molecule has 2 aromatic rings. The molecule has 0 radical (unpaired) electrons. The van der Waals surface area contributed by atoms with Gasteiger partial charge in [-0.25, -0.2) is 0 Å². The second-order valence-corrected chi connectivity index (χ2v) is 6.87. The van der Waals surface area contributed by atoms with Crippen LogP contribution in [0.2, 0.25) is 0 Å². The Balaban J connectivity index is 1.53. The Bertz CT molecular complexity index is 710. The first kappa shape index (κ1) is 15.4. The van der Waals surface area contributed by atoms with E-state index in [0.29, 0.717) is 11.8 Å². The number of fused-ring (bicyclic) bond motifs is 2. The van der Waals surface area contributed by atoms with E-state index in [0.717, 1.165) is 37.1 Å². The predicted molar refractivity (Wildman–Crippen MR) is 94.2 cm³/mol. The fourth-order valence-electron chi connectivity index (χ4n) is 4.29. The van der Waals surface area contributed by atoms with Crippen molar-refractivity contribution in [2.75, 3.05) is 7.11 Å². The van der Waals surface area contributed by atoms with E-state index < -0.39 is 0 Å². The summed E-state index contributed by atoms with van der Waals surface area (Å²) >= 11 is 0. The van der Waals surface area contributed by atoms with Crippen LogP contribution in [0.3, 0.4) is 0 Å². The maximum atomic E-state index is 13.1. The molecule has 0 aromatic heterocycles. The molecule has 2 aliphatic rings. The van der Waals surface area contributed by atoms with Gasteiger partial charge in [0.2, 0.25) is 0 Å². The molecule has 3 nitrogen and oxygen atoms in total. The smallest absolute Gasteiger partial charge is 0.157 e. The van der Waals surface area contributed by atoms with Crippen molar-refractivity contribution in [3.05, 3.63) is 65.7 Å². The molecule has 2 aliphatic heterocycles. The second kappa shape index (κ2) is 6.40. The zero-order valence-electron chi connectivity index (χ0n) is 14.0. The van der Waals surface area contributed by atoms with Crippen LogP contribution in [0.5, 0.6) is 5.75 Å². The molecule has 0 N–H and O–H groups in total. The van der Waals surface area contributed by atoms with E-state index >= 15 is 0 Å². The average Bonchev–Trinajstić information content (AvgIpc) is 2.93. The van der Waals surface area contributed by atoms with Gasteiger partial charge in [0.15, 0.2) is 5.78 Å². The van der Waals surface area contributed by atoms with Crippen LogP contribution in [0.1, 0.15) is 36.3 Å². The Kier molecular flexibility index (Phi) is 4.11. The largest absolute Gasteiger partial charge is 0.497 e. The molecule has 4 rings (SSSR count). The van der Waals surface area contributed by atoms with Crippen LogP contribution in [0.15, 0.2) is 54.6 Å². The van der Waals surface area contributed by atoms with Crippen LogP contribution in [-0.2, 0) is 11.3 Å². The maximum absolute atomic E-state index is 13.1. The lowest BCUT2D eigenvalue weighted by atomic mass is 9.83. The Labute approximate surface area is 143 Å². The Morgan fingerprint density at radius 3 is 2.50 bits per heavy atom. The maximum Gasteiger partial charge on any atom is 0.157 e. The van der Waals surface area contributed by atoms with Crippen LogP contribution in [0.4, 0.5) is 0 Å². The van der Waals surface area contributed by atoms with E-state index in [9.17, 15) is 4.79 Å². The Morgan fingerprint density at radius 2 is 1.79 bits per heavy atom. The molecule has 0 unspecified atom stereocenters. The highest BCUT2D eigenvalue weighted by atomic mass is 16.5. The van der Waals surface area contributed by atoms with Gasteiger partial charge in [-0.15, -0.1) is 0 Å². The highest BCUT2D eigenvalue weighted by Gasteiger charge is 2.46. The zero-order chi connectivity index (χ0) is 16.5. The van der Waals surface area contributed by atoms with E-state index in [2.05, 4.69) is 29.2 Å². The van der Waals surface area contributed by atoms with Gasteiger partial charge in [-0.05, 0) is 42.5 Å². The number of nitrogens with zero attached hydrogens (tertiary/aromatic N) is 1. The monoisotopic (exact) mass is 321 g/mol. The molecule has 2 fully saturated rings. The number of ether oxygens (including phenoxy) is 1. The summed E-state index contributed by atoms with van der Waals surface area (Å²) in [7, 11) is 1.67. The van der Waals surface area contributed by atoms with Gasteiger partial charge in [0.05, 0.1) is 13.2 Å². The highest BCUT2D eigenvalue weighted by molar-refractivity contribution is 5.92. The molecule has 3 atom stereocenters. The molecule has 0 saturated carbocycles. The first-order valence-corrected chi connectivity index (χ1v) is 8.73. The Hall–Kier alpha value is -2.13. The first-order chi connectivity index (χ1) is 11.8. The van der Waals surface area contributed by atoms with Crippen molar-refractivity contribution in [3.8, 4) is 5.75 Å². The van der Waals surface area contributed by atoms with Gasteiger partial charge in [0.25, 0.3) is 0 Å². The van der Waals surface area contributed by atoms with Gasteiger partial charge in [0, 0.05) is 18.5 Å². The molecule has 2 aromatic carbocycles. The van der Waals surface area contributed by atoms with Crippen LogP contribution in [0.25, 0.3) is 0 Å². The van der Waals surface area contributed by atoms with E-state index in [1.807, 2.05) is 30.3 Å². The van der Waals surface area contributed by atoms with Crippen molar-refractivity contribution < 1.29 is 9.53 Å². The normalized spacial score (nSPS) is 26.5. The summed E-state index contributed by atoms with van der Waals surface area (Å²) in [5.41, 5.74) is 2.43. The lowest BCUT2D eigenvalue weighted by Crippen LogP contribution is -2.47. The highest BCUT2D eigenvalue weighted by Crippen LogP contribution is 2.41. The topological polar surface area (TPSA) is 29.5 Å². The van der Waals surface area contributed by atoms with Crippen molar-refractivity contribution in [3.63, 3.8) is 0 Å². The number of benzene rings is 2. The summed E-state index contributed by atoms with van der Waals surface area (Å²) in [5.74, 6) is 1.28. The summed E-state index contributed by atoms with van der Waals surface area (Å²) < 4.78 is 5.23. The molecule has 3 heteroatoms. The molecular formula is C21H23NO2. The number of carbonyl (C=O) groups is 1. The van der Waals surface area contributed by atoms with Gasteiger partial charge >= 0.3 is 0 Å². The van der Waals surface area contributed by atoms with Gasteiger partial charge < -0.3 is 4.74 Å². The van der Waals surface area contributed by atoms with Crippen molar-refractivity contribution >= 4 is 5.78 Å². The van der Waals surface area contributed by atoms with E-state index in [1.54, 1.807) is 7.11 Å². The predicted octanol–water partition coefficient (Wildman–Crippen LogP) is 3.78. The summed E-state index contributed by atoms with van der Waals surface area (Å²) in [6, 6.07) is 19.1. The van der Waals surface area contributed by atoms with Crippen LogP contribution < -0.4 is 4.74 Å². The number of piperidine rings is 1. The minimum absolute atomic E-state index is 0.0421. The van der Waals surface area contributed by atoms with E-state index in [4.69, 9.17) is 4.74 Å². The van der Waals surface area contributed by atoms with Gasteiger partial charge in [-0.3, -0.25) is 9.69 Å². The fraction of sp³-hybridized carbons (Fsp3) is 0.381. The quantitative estimate of drug-likeness (QED) is 0.858. The Morgan fingerprint density at radius 1 is 1.04 bits per heavy atom. The molecule has 0 amide bonds. The molecule has 2 bridgehead atoms. The molecule has 0 spiro atoms. The van der Waals surface area contributed by atoms with Crippen molar-refractivity contribution in [2.24, 2.45) is 0 Å². The van der Waals surface area contributed by atoms with Crippen LogP contribution >= 0.6 is 0 Å². The molecule has 0 aliphatic carbocycles. The van der Waals surface area contributed by atoms with Crippen molar-refractivity contribution in [2.45, 2.75) is 43.8 Å². The number of methoxy groups -OCH3 is 1. The van der Waals surface area contributed by atoms with Gasteiger partial charge in [-0.1, -0.05) is 42.5 Å². The molecule has 124 valence electrons. The fourth-order valence-corrected chi connectivity index (χ4v) is 4.29. The first-order valence-electron chi connectivity index (χ1n) is 8.73. The summed E-state index contributed by atoms with van der Waals surface area (Å²) in [4.78, 5) is 15.5. The van der Waals surface area contributed by atoms with E-state index in [-0.39, 0.29) is 12.0 Å². The van der Waals surface area contributed by atoms with Crippen molar-refractivity contribution in [1.82, 2.24) is 4.90 Å². The lowest BCUT2D eigenvalue weighted by Gasteiger charge is -2.38. The summed E-state index contributed by atoms with van der Waals surface area (Å²) in [5, 5.41) is 0. The van der Waals surface area contributed by atoms with E-state index in [1.165, 1.54) is 5.56 Å². The van der Waals surface area contributed by atoms with Crippen LogP contribution in [0, 0.1) is 0 Å². The second-order valence-electron chi connectivity index (χ2n) is 6.87. The third kappa shape index (κ3) is 2.73. The standard InChI is InChI=1S/C21H23NO2/c1-24-18-10-7-16(8-11-18)19-13-17-9-12-20(21(19)23)22(17)14-15-5-3-2-4-6-15/h2-8,10-11,17,19-20H,9,12-14H2,1H3/t17-,19+,20+/m1/s1. The van der Waals surface area contributed by atoms with Crippen LogP contribution in [-0.4, -0.2) is 29.9 Å². The zero-order valence-corrected chi connectivity index (χ0v) is 14.0. The minimum Gasteiger partial charge on any atom is -0.497 e. The number of Topliss-reactive ketones (excluding diaryl/α,β-unsaturated/α-hetero) is 1. The molecular weight excluding hydrogens is 298 g/mol. The third-order valence-corrected chi connectivity index (χ3v) is 5.55. The number of hydrogen-bond donors (Lipinski definition) is 0. The third-order valence-electron chi connectivity index (χ3n) is 5.55. The summed E-state index contributed by atoms with van der Waals surface area (Å²) in [6.45, 7) is 0.886. The van der Waals surface area contributed by atoms with Gasteiger partial charge in [-0.2, -0.15) is 0 Å². The lowest BCUT2D eigenvalue weighted by molar-refractivity contribution is -0.128. The van der Waals surface area contributed by atoms with Crippen molar-refractivity contribution in [1.29, 1.82) is 0 Å². The number of ketones is 1.